The van der Waals surface area contributed by atoms with Gasteiger partial charge in [-0.15, -0.1) is 0 Å². The van der Waals surface area contributed by atoms with Gasteiger partial charge in [0.25, 0.3) is 5.69 Å². The molecule has 0 aromatic heterocycles. The first-order valence-electron chi connectivity index (χ1n) is 9.67. The average Bonchev–Trinajstić information content (AvgIpc) is 2.81. The third-order valence-electron chi connectivity index (χ3n) is 4.88. The summed E-state index contributed by atoms with van der Waals surface area (Å²) in [5, 5.41) is 16.0. The highest BCUT2D eigenvalue weighted by Crippen LogP contribution is 2.54. The smallest absolute Gasteiger partial charge is 0.258 e. The van der Waals surface area contributed by atoms with Crippen molar-refractivity contribution in [3.05, 3.63) is 125 Å². The number of rotatable bonds is 5. The van der Waals surface area contributed by atoms with Gasteiger partial charge < -0.3 is 0 Å². The molecule has 0 aliphatic rings. The Hall–Kier alpha value is -3.16. The molecule has 0 saturated carbocycles. The maximum absolute atomic E-state index is 11.2. The van der Waals surface area contributed by atoms with Gasteiger partial charge in [-0.3, -0.25) is 10.1 Å². The Morgan fingerprint density at radius 3 is 1.12 bits per heavy atom. The zero-order valence-electron chi connectivity index (χ0n) is 17.2. The van der Waals surface area contributed by atoms with Gasteiger partial charge in [-0.25, -0.2) is 0 Å². The molecular weight excluding hydrogens is 465 g/mol. The van der Waals surface area contributed by atoms with Gasteiger partial charge >= 0.3 is 0 Å². The zero-order valence-corrected chi connectivity index (χ0v) is 18.9. The van der Waals surface area contributed by atoms with Crippen LogP contribution in [0, 0.1) is 20.4 Å². The summed E-state index contributed by atoms with van der Waals surface area (Å²) in [6, 6.07) is 38.4. The number of hydrogen-bond acceptors (Lipinski definition) is 6. The van der Waals surface area contributed by atoms with Crippen LogP contribution in [0.4, 0.5) is 5.69 Å². The molecule has 0 aliphatic carbocycles. The molecule has 0 amide bonds. The van der Waals surface area contributed by atoms with Crippen molar-refractivity contribution in [2.24, 2.45) is 0 Å². The molecule has 0 heterocycles. The van der Waals surface area contributed by atoms with Gasteiger partial charge in [0.15, 0.2) is 0 Å². The van der Waals surface area contributed by atoms with Gasteiger partial charge in [0.2, 0.25) is 0 Å². The maximum Gasteiger partial charge on any atom is 0.269 e. The van der Waals surface area contributed by atoms with Crippen LogP contribution in [0.25, 0.3) is 0 Å². The van der Waals surface area contributed by atoms with Gasteiger partial charge in [-0.05, 0) is 48.5 Å². The van der Waals surface area contributed by atoms with E-state index in [9.17, 15) is 10.1 Å². The normalized spacial score (nSPS) is 11.3. The zero-order chi connectivity index (χ0) is 23.9. The molecule has 0 aliphatic heterocycles. The van der Waals surface area contributed by atoms with Crippen molar-refractivity contribution in [2.75, 3.05) is 0 Å². The minimum atomic E-state index is -4.69. The van der Waals surface area contributed by atoms with Crippen LogP contribution in [0.1, 0.15) is 0 Å². The summed E-state index contributed by atoms with van der Waals surface area (Å²) < 4.78 is 32.7. The van der Waals surface area contributed by atoms with E-state index in [-0.39, 0.29) is 10.6 Å². The number of nitro groups is 1. The third kappa shape index (κ3) is 6.00. The van der Waals surface area contributed by atoms with Gasteiger partial charge in [0.05, 0.1) is 19.8 Å². The van der Waals surface area contributed by atoms with Gasteiger partial charge in [-0.2, -0.15) is 14.0 Å². The lowest BCUT2D eigenvalue weighted by molar-refractivity contribution is -1.92. The Morgan fingerprint density at radius 1 is 0.576 bits per heavy atom. The Balaban J connectivity index is 0.000000555. The Labute approximate surface area is 193 Å². The van der Waals surface area contributed by atoms with Crippen LogP contribution in [-0.2, 0) is 0 Å². The van der Waals surface area contributed by atoms with E-state index in [4.69, 9.17) is 18.6 Å². The quantitative estimate of drug-likeness (QED) is 0.242. The molecule has 4 aromatic rings. The number of nitro benzene ring substituents is 1. The van der Waals surface area contributed by atoms with Gasteiger partial charge in [0, 0.05) is 12.1 Å². The molecule has 0 spiro atoms. The highest BCUT2D eigenvalue weighted by atomic mass is 35.7. The van der Waals surface area contributed by atoms with E-state index in [1.807, 2.05) is 30.3 Å². The monoisotopic (exact) mass is 484 g/mol. The average molecular weight is 485 g/mol. The number of benzene rings is 4. The minimum Gasteiger partial charge on any atom is -0.258 e. The molecule has 0 saturated heterocycles. The minimum absolute atomic E-state index is 0.107. The molecule has 4 aromatic carbocycles. The topological polar surface area (TPSA) is 133 Å². The van der Waals surface area contributed by atoms with E-state index in [0.717, 1.165) is 5.30 Å². The molecule has 4 rings (SSSR count). The van der Waals surface area contributed by atoms with E-state index < -0.39 is 17.5 Å². The summed E-state index contributed by atoms with van der Waals surface area (Å²) in [5.74, 6) is 0. The predicted molar refractivity (Wildman–Crippen MR) is 120 cm³/mol. The summed E-state index contributed by atoms with van der Waals surface area (Å²) in [5.41, 5.74) is 0.107. The van der Waals surface area contributed by atoms with Crippen molar-refractivity contribution in [3.63, 3.8) is 0 Å². The molecule has 33 heavy (non-hydrogen) atoms. The highest BCUT2D eigenvalue weighted by Gasteiger charge is 2.47. The summed E-state index contributed by atoms with van der Waals surface area (Å²) in [6.07, 6.45) is 0. The molecular formula is C24H20ClNO6P+. The summed E-state index contributed by atoms with van der Waals surface area (Å²) in [4.78, 5) is 10.8. The number of hydrogen-bond donors (Lipinski definition) is 1. The first-order valence-corrected chi connectivity index (χ1v) is 12.7. The lowest BCUT2D eigenvalue weighted by atomic mass is 10.3. The Bertz CT molecular complexity index is 1070. The first kappa shape index (κ1) is 24.5. The number of nitrogens with zero attached hydrogens (tertiary/aromatic N) is 1. The summed E-state index contributed by atoms with van der Waals surface area (Å²) >= 11 is 0. The lowest BCUT2D eigenvalue weighted by Crippen LogP contribution is -2.58. The molecule has 0 unspecified atom stereocenters. The van der Waals surface area contributed by atoms with E-state index in [0.29, 0.717) is 0 Å². The second kappa shape index (κ2) is 10.6. The summed E-state index contributed by atoms with van der Waals surface area (Å²) in [7, 11) is -6.87. The van der Waals surface area contributed by atoms with E-state index >= 15 is 0 Å². The Morgan fingerprint density at radius 2 is 0.848 bits per heavy atom. The van der Waals surface area contributed by atoms with Crippen LogP contribution < -0.4 is 35.2 Å². The third-order valence-corrected chi connectivity index (χ3v) is 9.17. The molecule has 0 bridgehead atoms. The fourth-order valence-corrected chi connectivity index (χ4v) is 7.89. The second-order valence-electron chi connectivity index (χ2n) is 6.85. The van der Waals surface area contributed by atoms with Crippen LogP contribution in [0.3, 0.4) is 0 Å². The fourth-order valence-electron chi connectivity index (χ4n) is 3.65. The van der Waals surface area contributed by atoms with Crippen molar-refractivity contribution in [1.82, 2.24) is 0 Å². The highest BCUT2D eigenvalue weighted by molar-refractivity contribution is 8.01. The molecule has 9 heteroatoms. The van der Waals surface area contributed by atoms with Crippen molar-refractivity contribution in [3.8, 4) is 0 Å². The SMILES string of the molecule is O=[N+]([O-])c1ccc([P+](c2ccccc2)(c2ccccc2)c2ccccc2)cc1.[O-][Cl+3]([O-])([O-])O. The van der Waals surface area contributed by atoms with Crippen LogP contribution in [-0.4, -0.2) is 9.58 Å². The molecule has 0 radical (unpaired) electrons. The Kier molecular flexibility index (Phi) is 7.89. The van der Waals surface area contributed by atoms with Crippen molar-refractivity contribution >= 4 is 34.2 Å². The molecule has 1 N–H and O–H groups in total. The van der Waals surface area contributed by atoms with Crippen molar-refractivity contribution in [1.29, 1.82) is 0 Å². The van der Waals surface area contributed by atoms with Crippen molar-refractivity contribution < 1.29 is 33.8 Å². The number of halogens is 1. The van der Waals surface area contributed by atoms with Crippen LogP contribution in [0.5, 0.6) is 0 Å². The van der Waals surface area contributed by atoms with Crippen LogP contribution in [0.2, 0.25) is 0 Å². The van der Waals surface area contributed by atoms with E-state index in [2.05, 4.69) is 72.8 Å². The largest absolute Gasteiger partial charge is 0.269 e. The summed E-state index contributed by atoms with van der Waals surface area (Å²) in [6.45, 7) is 0. The first-order chi connectivity index (χ1) is 15.7. The van der Waals surface area contributed by atoms with Crippen molar-refractivity contribution in [2.45, 2.75) is 0 Å². The molecule has 0 fully saturated rings. The molecule has 7 nitrogen and oxygen atoms in total. The lowest BCUT2D eigenvalue weighted by Gasteiger charge is -2.27. The van der Waals surface area contributed by atoms with Gasteiger partial charge in [-0.1, -0.05) is 54.6 Å². The van der Waals surface area contributed by atoms with Crippen LogP contribution in [0.15, 0.2) is 115 Å². The molecule has 168 valence electrons. The predicted octanol–water partition coefficient (Wildman–Crippen LogP) is 0.0902. The molecule has 0 atom stereocenters. The second-order valence-corrected chi connectivity index (χ2v) is 11.0. The van der Waals surface area contributed by atoms with E-state index in [1.54, 1.807) is 12.1 Å². The number of non-ortho nitro benzene ring substituents is 1. The van der Waals surface area contributed by atoms with Gasteiger partial charge in [0.1, 0.15) is 28.5 Å². The fraction of sp³-hybridized carbons (Fsp3) is 0. The van der Waals surface area contributed by atoms with E-state index in [1.165, 1.54) is 15.9 Å². The standard InChI is InChI=1S/C24H19NO2P.ClHO4/c26-25(27)20-16-18-24(19-17-20)28(21-10-4-1-5-11-21,22-12-6-2-7-13-22)23-14-8-3-9-15-23;2-1(3,4)5/h1-19H;(H,2,3,4,5)/q+1;. The van der Waals surface area contributed by atoms with Crippen LogP contribution >= 0.6 is 7.26 Å². The maximum atomic E-state index is 11.2.